The number of hydrogen-bond acceptors (Lipinski definition) is 5. The minimum atomic E-state index is -1.52. The van der Waals surface area contributed by atoms with E-state index in [0.29, 0.717) is 5.69 Å². The number of carbonyl (C=O) groups is 2. The van der Waals surface area contributed by atoms with Crippen molar-refractivity contribution in [1.29, 1.82) is 5.26 Å². The van der Waals surface area contributed by atoms with Crippen LogP contribution in [0.25, 0.3) is 0 Å². The predicted octanol–water partition coefficient (Wildman–Crippen LogP) is 3.63. The summed E-state index contributed by atoms with van der Waals surface area (Å²) in [7, 11) is 2.81. The molecule has 0 radical (unpaired) electrons. The summed E-state index contributed by atoms with van der Waals surface area (Å²) in [5.74, 6) is -2.42. The molecule has 0 saturated heterocycles. The van der Waals surface area contributed by atoms with Crippen molar-refractivity contribution >= 4 is 29.0 Å². The molecule has 0 aliphatic heterocycles. The van der Waals surface area contributed by atoms with Crippen LogP contribution in [0.2, 0.25) is 5.02 Å². The van der Waals surface area contributed by atoms with E-state index in [4.69, 9.17) is 21.1 Å². The van der Waals surface area contributed by atoms with Gasteiger partial charge < -0.3 is 14.8 Å². The summed E-state index contributed by atoms with van der Waals surface area (Å²) in [6.07, 6.45) is 0. The molecule has 2 aromatic carbocycles. The van der Waals surface area contributed by atoms with Crippen LogP contribution in [-0.4, -0.2) is 25.9 Å². The highest BCUT2D eigenvalue weighted by Gasteiger charge is 2.29. The molecule has 0 aliphatic rings. The number of halogens is 1. The third-order valence-electron chi connectivity index (χ3n) is 3.66. The van der Waals surface area contributed by atoms with Crippen LogP contribution in [0, 0.1) is 24.2 Å². The first-order valence-corrected chi connectivity index (χ1v) is 8.02. The van der Waals surface area contributed by atoms with Crippen molar-refractivity contribution < 1.29 is 19.1 Å². The van der Waals surface area contributed by atoms with Crippen LogP contribution >= 0.6 is 11.6 Å². The molecule has 0 spiro atoms. The number of rotatable bonds is 6. The fourth-order valence-electron chi connectivity index (χ4n) is 2.40. The number of ether oxygens (including phenoxy) is 2. The van der Waals surface area contributed by atoms with E-state index >= 15 is 0 Å². The molecular weight excluding hydrogens is 356 g/mol. The summed E-state index contributed by atoms with van der Waals surface area (Å²) in [6.45, 7) is 1.87. The summed E-state index contributed by atoms with van der Waals surface area (Å²) in [5, 5.41) is 12.1. The minimum Gasteiger partial charge on any atom is -0.493 e. The second-order valence-corrected chi connectivity index (χ2v) is 5.89. The van der Waals surface area contributed by atoms with Crippen molar-refractivity contribution in [3.05, 3.63) is 52.5 Å². The average Bonchev–Trinajstić information content (AvgIpc) is 2.61. The van der Waals surface area contributed by atoms with Gasteiger partial charge in [-0.2, -0.15) is 5.26 Å². The lowest BCUT2D eigenvalue weighted by molar-refractivity contribution is -0.117. The minimum absolute atomic E-state index is 0.0820. The number of nitriles is 1. The molecule has 26 heavy (non-hydrogen) atoms. The summed E-state index contributed by atoms with van der Waals surface area (Å²) >= 11 is 6.09. The molecule has 6 nitrogen and oxygen atoms in total. The van der Waals surface area contributed by atoms with Gasteiger partial charge in [0.25, 0.3) is 0 Å². The average molecular weight is 373 g/mol. The molecule has 0 aliphatic carbocycles. The topological polar surface area (TPSA) is 88.4 Å². The summed E-state index contributed by atoms with van der Waals surface area (Å²) in [6, 6.07) is 11.5. The number of benzene rings is 2. The van der Waals surface area contributed by atoms with E-state index in [1.54, 1.807) is 24.3 Å². The van der Waals surface area contributed by atoms with Gasteiger partial charge in [-0.05, 0) is 36.8 Å². The Bertz CT molecular complexity index is 890. The maximum absolute atomic E-state index is 12.7. The molecular formula is C19H17ClN2O4. The number of ketones is 1. The van der Waals surface area contributed by atoms with Crippen molar-refractivity contribution in [2.24, 2.45) is 5.92 Å². The Labute approximate surface area is 156 Å². The van der Waals surface area contributed by atoms with Gasteiger partial charge in [0.1, 0.15) is 0 Å². The van der Waals surface area contributed by atoms with Crippen LogP contribution in [0.3, 0.4) is 0 Å². The zero-order valence-corrected chi connectivity index (χ0v) is 15.3. The van der Waals surface area contributed by atoms with Crippen LogP contribution in [0.15, 0.2) is 36.4 Å². The Morgan fingerprint density at radius 2 is 1.92 bits per heavy atom. The lowest BCUT2D eigenvalue weighted by Gasteiger charge is -2.13. The Morgan fingerprint density at radius 1 is 1.19 bits per heavy atom. The molecule has 2 rings (SSSR count). The Balaban J connectivity index is 2.30. The van der Waals surface area contributed by atoms with Crippen molar-refractivity contribution in [3.8, 4) is 17.6 Å². The first kappa shape index (κ1) is 19.3. The fraction of sp³-hybridized carbons (Fsp3) is 0.211. The number of hydrogen-bond donors (Lipinski definition) is 1. The zero-order chi connectivity index (χ0) is 19.3. The molecule has 1 atom stereocenters. The molecule has 7 heteroatoms. The molecule has 2 aromatic rings. The van der Waals surface area contributed by atoms with Gasteiger partial charge in [-0.3, -0.25) is 9.59 Å². The van der Waals surface area contributed by atoms with Gasteiger partial charge in [-0.25, -0.2) is 0 Å². The lowest BCUT2D eigenvalue weighted by atomic mass is 9.97. The maximum atomic E-state index is 12.7. The smallest absolute Gasteiger partial charge is 0.249 e. The highest BCUT2D eigenvalue weighted by atomic mass is 35.5. The lowest BCUT2D eigenvalue weighted by Crippen LogP contribution is -2.28. The Kier molecular flexibility index (Phi) is 6.21. The SMILES string of the molecule is COc1cc(C(=O)[C@H](C#N)C(=O)Nc2cccc(C)c2)cc(Cl)c1OC. The molecule has 0 unspecified atom stereocenters. The fourth-order valence-corrected chi connectivity index (χ4v) is 2.69. The van der Waals surface area contributed by atoms with Crippen molar-refractivity contribution in [2.75, 3.05) is 19.5 Å². The van der Waals surface area contributed by atoms with Gasteiger partial charge in [0.15, 0.2) is 23.2 Å². The maximum Gasteiger partial charge on any atom is 0.249 e. The van der Waals surface area contributed by atoms with Crippen LogP contribution < -0.4 is 14.8 Å². The molecule has 0 heterocycles. The third-order valence-corrected chi connectivity index (χ3v) is 3.94. The zero-order valence-electron chi connectivity index (χ0n) is 14.5. The second kappa shape index (κ2) is 8.37. The number of methoxy groups -OCH3 is 2. The van der Waals surface area contributed by atoms with Gasteiger partial charge in [-0.15, -0.1) is 0 Å². The first-order valence-electron chi connectivity index (χ1n) is 7.64. The third kappa shape index (κ3) is 4.13. The van der Waals surface area contributed by atoms with E-state index in [2.05, 4.69) is 5.32 Å². The van der Waals surface area contributed by atoms with Gasteiger partial charge in [-0.1, -0.05) is 23.7 Å². The van der Waals surface area contributed by atoms with Gasteiger partial charge >= 0.3 is 0 Å². The molecule has 1 amide bonds. The summed E-state index contributed by atoms with van der Waals surface area (Å²) in [5.41, 5.74) is 1.53. The Hall–Kier alpha value is -3.04. The van der Waals surface area contributed by atoms with Crippen LogP contribution in [0.1, 0.15) is 15.9 Å². The molecule has 134 valence electrons. The normalized spacial score (nSPS) is 11.2. The van der Waals surface area contributed by atoms with E-state index in [0.717, 1.165) is 5.56 Å². The van der Waals surface area contributed by atoms with Crippen LogP contribution in [0.5, 0.6) is 11.5 Å². The number of nitrogens with one attached hydrogen (secondary N) is 1. The second-order valence-electron chi connectivity index (χ2n) is 5.48. The quantitative estimate of drug-likeness (QED) is 0.618. The number of anilines is 1. The van der Waals surface area contributed by atoms with Gasteiger partial charge in [0.2, 0.25) is 5.91 Å². The molecule has 0 aromatic heterocycles. The highest BCUT2D eigenvalue weighted by Crippen LogP contribution is 2.36. The van der Waals surface area contributed by atoms with E-state index in [1.165, 1.54) is 26.4 Å². The van der Waals surface area contributed by atoms with Crippen molar-refractivity contribution in [3.63, 3.8) is 0 Å². The van der Waals surface area contributed by atoms with E-state index < -0.39 is 17.6 Å². The van der Waals surface area contributed by atoms with Crippen LogP contribution in [0.4, 0.5) is 5.69 Å². The van der Waals surface area contributed by atoms with Gasteiger partial charge in [0, 0.05) is 11.3 Å². The molecule has 0 bridgehead atoms. The molecule has 1 N–H and O–H groups in total. The number of carbonyl (C=O) groups excluding carboxylic acids is 2. The van der Waals surface area contributed by atoms with E-state index in [1.807, 2.05) is 13.0 Å². The van der Waals surface area contributed by atoms with E-state index in [9.17, 15) is 14.9 Å². The molecule has 0 saturated carbocycles. The number of Topliss-reactive ketones (excluding diaryl/α,β-unsaturated/α-hetero) is 1. The Morgan fingerprint density at radius 3 is 2.50 bits per heavy atom. The highest BCUT2D eigenvalue weighted by molar-refractivity contribution is 6.33. The monoisotopic (exact) mass is 372 g/mol. The number of aryl methyl sites for hydroxylation is 1. The standard InChI is InChI=1S/C19H17ClN2O4/c1-11-5-4-6-13(7-11)22-19(24)14(10-21)17(23)12-8-15(20)18(26-3)16(9-12)25-2/h4-9,14H,1-3H3,(H,22,24)/t14-/m0/s1. The number of nitrogens with zero attached hydrogens (tertiary/aromatic N) is 1. The summed E-state index contributed by atoms with van der Waals surface area (Å²) in [4.78, 5) is 25.0. The number of amides is 1. The van der Waals surface area contributed by atoms with Crippen molar-refractivity contribution in [2.45, 2.75) is 6.92 Å². The van der Waals surface area contributed by atoms with Gasteiger partial charge in [0.05, 0.1) is 25.3 Å². The molecule has 0 fully saturated rings. The summed E-state index contributed by atoms with van der Waals surface area (Å²) < 4.78 is 10.3. The largest absolute Gasteiger partial charge is 0.493 e. The predicted molar refractivity (Wildman–Crippen MR) is 97.8 cm³/mol. The van der Waals surface area contributed by atoms with Crippen molar-refractivity contribution in [1.82, 2.24) is 0 Å². The van der Waals surface area contributed by atoms with Crippen LogP contribution in [-0.2, 0) is 4.79 Å². The first-order chi connectivity index (χ1) is 12.4. The van der Waals surface area contributed by atoms with E-state index in [-0.39, 0.29) is 22.1 Å².